The maximum Gasteiger partial charge on any atom is 0.241 e. The minimum Gasteiger partial charge on any atom is -0.394 e. The maximum absolute atomic E-state index is 10.0. The molecular formula is C6H10N2O. The van der Waals surface area contributed by atoms with Crippen LogP contribution >= 0.6 is 0 Å². The fourth-order valence-electron chi connectivity index (χ4n) is 0.302. The van der Waals surface area contributed by atoms with Crippen molar-refractivity contribution in [1.29, 1.82) is 0 Å². The molecular weight excluding hydrogens is 116 g/mol. The number of amides is 1. The molecule has 0 saturated carbocycles. The molecule has 3 N–H and O–H groups in total. The second-order valence-electron chi connectivity index (χ2n) is 1.41. The topological polar surface area (TPSA) is 55.1 Å². The molecule has 1 amide bonds. The van der Waals surface area contributed by atoms with Gasteiger partial charge in [-0.05, 0) is 12.3 Å². The van der Waals surface area contributed by atoms with Crippen LogP contribution in [0, 0.1) is 0 Å². The van der Waals surface area contributed by atoms with Crippen LogP contribution in [-0.2, 0) is 4.79 Å². The molecule has 50 valence electrons. The fraction of sp³-hybridized carbons (Fsp3) is 0.167. The number of allylic oxidation sites excluding steroid dienone is 2. The minimum absolute atomic E-state index is 0.434. The van der Waals surface area contributed by atoms with Crippen LogP contribution in [0.15, 0.2) is 24.4 Å². The Morgan fingerprint density at radius 3 is 2.67 bits per heavy atom. The van der Waals surface area contributed by atoms with Gasteiger partial charge in [-0.15, -0.1) is 0 Å². The van der Waals surface area contributed by atoms with Crippen molar-refractivity contribution in [3.05, 3.63) is 24.4 Å². The summed E-state index contributed by atoms with van der Waals surface area (Å²) < 4.78 is 0. The lowest BCUT2D eigenvalue weighted by Gasteiger charge is -1.79. The highest BCUT2D eigenvalue weighted by atomic mass is 16.1. The van der Waals surface area contributed by atoms with Crippen molar-refractivity contribution in [1.82, 2.24) is 5.32 Å². The largest absolute Gasteiger partial charge is 0.394 e. The van der Waals surface area contributed by atoms with Crippen LogP contribution in [0.25, 0.3) is 0 Å². The van der Waals surface area contributed by atoms with Gasteiger partial charge in [-0.1, -0.05) is 6.08 Å². The van der Waals surface area contributed by atoms with E-state index in [0.717, 1.165) is 0 Å². The average Bonchev–Trinajstić information content (AvgIpc) is 1.80. The van der Waals surface area contributed by atoms with Gasteiger partial charge in [0.2, 0.25) is 5.91 Å². The molecule has 0 unspecified atom stereocenters. The normalized spacial score (nSPS) is 10.8. The molecule has 0 rings (SSSR count). The zero-order valence-electron chi connectivity index (χ0n) is 5.29. The number of hydrogen-bond donors (Lipinski definition) is 2. The third-order valence-electron chi connectivity index (χ3n) is 0.634. The van der Waals surface area contributed by atoms with Crippen LogP contribution < -0.4 is 11.1 Å². The highest BCUT2D eigenvalue weighted by Crippen LogP contribution is 1.71. The molecule has 0 aliphatic carbocycles. The number of rotatable bonds is 3. The van der Waals surface area contributed by atoms with Crippen LogP contribution in [0.2, 0.25) is 0 Å². The molecule has 0 aromatic carbocycles. The lowest BCUT2D eigenvalue weighted by atomic mass is 10.5. The van der Waals surface area contributed by atoms with E-state index >= 15 is 0 Å². The summed E-state index contributed by atoms with van der Waals surface area (Å²) in [6, 6.07) is 0. The van der Waals surface area contributed by atoms with E-state index in [9.17, 15) is 4.79 Å². The maximum atomic E-state index is 10.0. The van der Waals surface area contributed by atoms with E-state index in [1.54, 1.807) is 25.4 Å². The summed E-state index contributed by atoms with van der Waals surface area (Å²) in [6.07, 6.45) is 6.23. The molecule has 0 fully saturated rings. The van der Waals surface area contributed by atoms with Gasteiger partial charge < -0.3 is 11.1 Å². The molecule has 0 aromatic rings. The third kappa shape index (κ3) is 6.75. The first-order valence-corrected chi connectivity index (χ1v) is 2.57. The SMILES string of the molecule is CN/C=C/C=C/C(N)=O. The molecule has 0 atom stereocenters. The Hall–Kier alpha value is -1.25. The van der Waals surface area contributed by atoms with Crippen molar-refractivity contribution in [3.8, 4) is 0 Å². The highest BCUT2D eigenvalue weighted by molar-refractivity contribution is 5.85. The number of carbonyl (C=O) groups excluding carboxylic acids is 1. The van der Waals surface area contributed by atoms with Crippen LogP contribution in [0.5, 0.6) is 0 Å². The lowest BCUT2D eigenvalue weighted by Crippen LogP contribution is -2.04. The third-order valence-corrected chi connectivity index (χ3v) is 0.634. The quantitative estimate of drug-likeness (QED) is 0.405. The van der Waals surface area contributed by atoms with Crippen LogP contribution in [-0.4, -0.2) is 13.0 Å². The molecule has 0 aliphatic heterocycles. The predicted octanol–water partition coefficient (Wildman–Crippen LogP) is -0.239. The number of carbonyl (C=O) groups is 1. The molecule has 0 heterocycles. The van der Waals surface area contributed by atoms with Crippen LogP contribution in [0.3, 0.4) is 0 Å². The Morgan fingerprint density at radius 2 is 2.22 bits per heavy atom. The summed E-state index contributed by atoms with van der Waals surface area (Å²) >= 11 is 0. The second kappa shape index (κ2) is 4.90. The van der Waals surface area contributed by atoms with E-state index in [0.29, 0.717) is 0 Å². The van der Waals surface area contributed by atoms with Crippen molar-refractivity contribution >= 4 is 5.91 Å². The lowest BCUT2D eigenvalue weighted by molar-refractivity contribution is -0.113. The van der Waals surface area contributed by atoms with Gasteiger partial charge in [0.1, 0.15) is 0 Å². The zero-order chi connectivity index (χ0) is 7.11. The zero-order valence-corrected chi connectivity index (χ0v) is 5.29. The number of primary amides is 1. The first-order chi connectivity index (χ1) is 4.27. The Kier molecular flexibility index (Phi) is 4.22. The summed E-state index contributed by atoms with van der Waals surface area (Å²) in [5.74, 6) is -0.434. The fourth-order valence-corrected chi connectivity index (χ4v) is 0.302. The van der Waals surface area contributed by atoms with E-state index in [1.165, 1.54) is 6.08 Å². The minimum atomic E-state index is -0.434. The number of nitrogens with two attached hydrogens (primary N) is 1. The molecule has 0 saturated heterocycles. The van der Waals surface area contributed by atoms with Gasteiger partial charge in [-0.3, -0.25) is 4.79 Å². The van der Waals surface area contributed by atoms with E-state index in [4.69, 9.17) is 5.73 Å². The van der Waals surface area contributed by atoms with Gasteiger partial charge in [-0.2, -0.15) is 0 Å². The standard InChI is InChI=1S/C6H10N2O/c1-8-5-3-2-4-6(7)9/h2-5,8H,1H3,(H2,7,9)/b4-2+,5-3+. The first kappa shape index (κ1) is 7.75. The van der Waals surface area contributed by atoms with Crippen molar-refractivity contribution in [2.45, 2.75) is 0 Å². The molecule has 9 heavy (non-hydrogen) atoms. The van der Waals surface area contributed by atoms with Crippen LogP contribution in [0.4, 0.5) is 0 Å². The molecule has 0 spiro atoms. The number of nitrogens with one attached hydrogen (secondary N) is 1. The van der Waals surface area contributed by atoms with Gasteiger partial charge in [-0.25, -0.2) is 0 Å². The summed E-state index contributed by atoms with van der Waals surface area (Å²) in [4.78, 5) is 10.0. The molecule has 0 bridgehead atoms. The summed E-state index contributed by atoms with van der Waals surface area (Å²) in [7, 11) is 1.77. The van der Waals surface area contributed by atoms with Crippen molar-refractivity contribution in [2.24, 2.45) is 5.73 Å². The smallest absolute Gasteiger partial charge is 0.241 e. The van der Waals surface area contributed by atoms with Crippen molar-refractivity contribution in [2.75, 3.05) is 7.05 Å². The van der Waals surface area contributed by atoms with Crippen molar-refractivity contribution < 1.29 is 4.79 Å². The Bertz CT molecular complexity index is 138. The van der Waals surface area contributed by atoms with Gasteiger partial charge >= 0.3 is 0 Å². The van der Waals surface area contributed by atoms with Gasteiger partial charge in [0.15, 0.2) is 0 Å². The van der Waals surface area contributed by atoms with E-state index in [1.807, 2.05) is 0 Å². The van der Waals surface area contributed by atoms with E-state index < -0.39 is 5.91 Å². The Morgan fingerprint density at radius 1 is 1.56 bits per heavy atom. The predicted molar refractivity (Wildman–Crippen MR) is 36.5 cm³/mol. The average molecular weight is 126 g/mol. The van der Waals surface area contributed by atoms with Crippen LogP contribution in [0.1, 0.15) is 0 Å². The molecule has 0 radical (unpaired) electrons. The van der Waals surface area contributed by atoms with E-state index in [2.05, 4.69) is 5.32 Å². The summed E-state index contributed by atoms with van der Waals surface area (Å²) in [6.45, 7) is 0. The Labute approximate surface area is 54.2 Å². The molecule has 0 aliphatic rings. The van der Waals surface area contributed by atoms with Gasteiger partial charge in [0.25, 0.3) is 0 Å². The monoisotopic (exact) mass is 126 g/mol. The number of hydrogen-bond acceptors (Lipinski definition) is 2. The van der Waals surface area contributed by atoms with E-state index in [-0.39, 0.29) is 0 Å². The van der Waals surface area contributed by atoms with Gasteiger partial charge in [0, 0.05) is 13.1 Å². The summed E-state index contributed by atoms with van der Waals surface area (Å²) in [5, 5.41) is 2.76. The highest BCUT2D eigenvalue weighted by Gasteiger charge is 1.75. The molecule has 0 aromatic heterocycles. The van der Waals surface area contributed by atoms with Crippen molar-refractivity contribution in [3.63, 3.8) is 0 Å². The molecule has 3 heteroatoms. The first-order valence-electron chi connectivity index (χ1n) is 2.57. The second-order valence-corrected chi connectivity index (χ2v) is 1.41. The summed E-state index contributed by atoms with van der Waals surface area (Å²) in [5.41, 5.74) is 4.79. The Balaban J connectivity index is 3.47. The van der Waals surface area contributed by atoms with Gasteiger partial charge in [0.05, 0.1) is 0 Å². The molecule has 3 nitrogen and oxygen atoms in total.